The molecule has 0 bridgehead atoms. The van der Waals surface area contributed by atoms with Crippen molar-refractivity contribution in [1.29, 1.82) is 0 Å². The number of methoxy groups -OCH3 is 2. The Kier molecular flexibility index (Phi) is 55.9. The van der Waals surface area contributed by atoms with E-state index in [1.165, 1.54) is 20.8 Å². The Hall–Kier alpha value is -3.24. The van der Waals surface area contributed by atoms with Crippen LogP contribution in [0.25, 0.3) is 0 Å². The number of carbonyl (C=O) groups excluding carboxylic acids is 6. The minimum Gasteiger partial charge on any atom is -0.769 e. The van der Waals surface area contributed by atoms with E-state index in [9.17, 15) is 66.2 Å². The molecule has 52 heteroatoms. The fourth-order valence-electron chi connectivity index (χ4n) is 12.0. The number of rotatable bonds is 25. The van der Waals surface area contributed by atoms with E-state index in [4.69, 9.17) is 157 Å². The van der Waals surface area contributed by atoms with Gasteiger partial charge in [0.15, 0.2) is 64.3 Å². The predicted octanol–water partition coefficient (Wildman–Crippen LogP) is -4.05. The van der Waals surface area contributed by atoms with E-state index in [-0.39, 0.29) is 108 Å². The van der Waals surface area contributed by atoms with Crippen molar-refractivity contribution in [3.8, 4) is 0 Å². The van der Waals surface area contributed by atoms with Crippen LogP contribution in [0.2, 0.25) is 0 Å². The Morgan fingerprint density at radius 3 is 1.21 bits per heavy atom. The minimum absolute atomic E-state index is 0. The maximum atomic E-state index is 13.0. The van der Waals surface area contributed by atoms with Crippen molar-refractivity contribution in [2.45, 2.75) is 359 Å². The average molecular weight is 2000 g/mol. The van der Waals surface area contributed by atoms with Crippen LogP contribution in [0.15, 0.2) is 11.6 Å². The zero-order valence-electron chi connectivity index (χ0n) is 79.7. The van der Waals surface area contributed by atoms with Crippen molar-refractivity contribution in [2.24, 2.45) is 0 Å². The molecular formula is C80H145ClFNaO47S2. The molecule has 1 unspecified atom stereocenters. The number of hydrogen-bond donors (Lipinski definition) is 12. The molecule has 10 rings (SSSR count). The van der Waals surface area contributed by atoms with Gasteiger partial charge in [0.05, 0.1) is 92.5 Å². The van der Waals surface area contributed by atoms with Crippen LogP contribution in [0.4, 0.5) is 4.39 Å². The fourth-order valence-corrected chi connectivity index (χ4v) is 14.1. The van der Waals surface area contributed by atoms with Crippen LogP contribution in [0.3, 0.4) is 0 Å². The Bertz CT molecular complexity index is 3570. The molecule has 0 spiro atoms. The smallest absolute Gasteiger partial charge is 0.769 e. The number of aliphatic hydroxyl groups is 12. The molecule has 0 aliphatic carbocycles. The fraction of sp³-hybridized carbons (Fsp3) is 0.900. The molecule has 47 nitrogen and oxygen atoms in total. The van der Waals surface area contributed by atoms with Crippen molar-refractivity contribution < 1.29 is 257 Å². The molecule has 12 N–H and O–H groups in total. The number of cyclic esters (lactones) is 1. The monoisotopic (exact) mass is 2000 g/mol. The third kappa shape index (κ3) is 41.5. The topological polar surface area (TPSA) is 650 Å². The van der Waals surface area contributed by atoms with E-state index in [0.29, 0.717) is 25.4 Å². The van der Waals surface area contributed by atoms with Gasteiger partial charge in [-0.25, -0.2) is 52.8 Å². The van der Waals surface area contributed by atoms with Crippen molar-refractivity contribution >= 4 is 69.8 Å². The van der Waals surface area contributed by atoms with E-state index in [1.807, 2.05) is 27.7 Å². The molecule has 0 saturated carbocycles. The standard InChI is InChI=1S/C12H22O6.C11H18O8S.C11H18O7S.C11H20O6.C11H18O4.C6H9FO4.C6H14O6.C6H10O3.C5H12O2.CH4.ClO.Na/c1-11(2)15-5-7(17-11)9(13)10(14)8-6-16-12(3,4)18-8;1-5-15-9(12)11(4)8(18-20(13,14)19-11)7-6-16-10(2,3)17-7;1-5-14-9(12)11(4)8(17-19(13)18-11)7-6-15-10(2,3)16-7;1-5-15-9(13)11(4,14)8(12)7-6-16-10(2,3)17-7;1-5-13-10(12)8(2)6-9-7-14-11(3,4)15-9;1-6(7)4(9)3(2-8)11-5(6)10;7-1-3(9)5(11)6(12)4(10)2-8;1-6(2)8-4-5(3-7)9-6;1-5(2,6-3)7-4;;1-2;/h7-10,13-14H,5-6H2,1-4H3;7-8H,5-6H2,1-4H3;7-8H,5-6H2,1-4H3;7-8,12,14H,5-6H2,1-4H3;6,9H,5,7H2,1-4H3;3-4,8-9H,2H2,1H3;3-12H,1-2H2;3,5H,4H2,1-2H3;1-4H3;1H4;;/q;;;;;;;;;;-1;+1/b;;;;8-6+;;;;;;;/t7-,8-,9-,10-;7-,8-,11+;7-,8-,11+,19?;7-,8-,11+;9-;3-,4-,6-;3-,4-,5-,6-;5-;;;;/m11110110..../s1. The second kappa shape index (κ2) is 56.4. The Labute approximate surface area is 800 Å². The summed E-state index contributed by atoms with van der Waals surface area (Å²) in [4.78, 5) is 67.5. The van der Waals surface area contributed by atoms with E-state index in [1.54, 1.807) is 138 Å². The summed E-state index contributed by atoms with van der Waals surface area (Å²) in [6, 6.07) is 0. The quantitative estimate of drug-likeness (QED) is 0.0103. The third-order valence-corrected chi connectivity index (χ3v) is 21.2. The summed E-state index contributed by atoms with van der Waals surface area (Å²) in [7, 11) is -1.05. The van der Waals surface area contributed by atoms with Gasteiger partial charge in [-0.1, -0.05) is 7.43 Å². The van der Waals surface area contributed by atoms with Gasteiger partial charge in [0, 0.05) is 19.8 Å². The molecule has 0 radical (unpaired) electrons. The number of esters is 5. The molecule has 0 aromatic heterocycles. The first kappa shape index (κ1) is 131. The van der Waals surface area contributed by atoms with E-state index in [2.05, 4.69) is 16.6 Å². The molecule has 10 saturated heterocycles. The van der Waals surface area contributed by atoms with Gasteiger partial charge in [0.1, 0.15) is 104 Å². The summed E-state index contributed by atoms with van der Waals surface area (Å²) in [6.45, 7) is 42.2. The summed E-state index contributed by atoms with van der Waals surface area (Å²) < 4.78 is 184. The second-order valence-corrected chi connectivity index (χ2v) is 35.9. The molecule has 10 aliphatic rings. The van der Waals surface area contributed by atoms with Gasteiger partial charge in [-0.05, 0) is 179 Å². The van der Waals surface area contributed by atoms with E-state index in [0.717, 1.165) is 13.2 Å². The molecular weight excluding hydrogens is 1850 g/mol. The van der Waals surface area contributed by atoms with Crippen molar-refractivity contribution in [3.63, 3.8) is 0 Å². The van der Waals surface area contributed by atoms with Gasteiger partial charge in [0.2, 0.25) is 16.9 Å². The molecule has 10 heterocycles. The Morgan fingerprint density at radius 1 is 0.561 bits per heavy atom. The van der Waals surface area contributed by atoms with E-state index >= 15 is 0 Å². The second-order valence-electron chi connectivity index (χ2n) is 34.0. The maximum Gasteiger partial charge on any atom is 1.00 e. The van der Waals surface area contributed by atoms with Crippen LogP contribution in [0.5, 0.6) is 0 Å². The summed E-state index contributed by atoms with van der Waals surface area (Å²) >= 11 is 1.39. The SMILES string of the molecule is C.CC1(C)OC[C@H](C=O)O1.CC1(C)OC[C@H]([C@@H](O)[C@H](O)[C@H]2COC(C)(C)O2)O1.CCOC(=O)/C(C)=C/[C@H]1COC(C)(C)O1.CCOC(=O)[C@@](C)(O)[C@H](O)[C@H]1COC(C)(C)O1.CCOC(=O)[C@@]1(C)OS(=O)(=O)O[C@@H]1[C@H]1COC(C)(C)O1.CCOC(=O)[C@@]1(C)OS(=O)O[C@@H]1[C@H]1COC(C)(C)O1.COC(C)(C)OC.C[C@]1(F)C(=O)O[C@H](CO)[C@H]1O.OC[C@@H](O)[C@@H](O)[C@H](O)[C@H](O)CO.[Na+].[O-]Cl. The van der Waals surface area contributed by atoms with Crippen molar-refractivity contribution in [1.82, 2.24) is 0 Å². The van der Waals surface area contributed by atoms with Gasteiger partial charge in [-0.2, -0.15) is 12.6 Å². The molecule has 10 fully saturated rings. The van der Waals surface area contributed by atoms with Gasteiger partial charge >= 0.3 is 81.2 Å². The van der Waals surface area contributed by atoms with Crippen LogP contribution >= 0.6 is 11.9 Å². The number of carbonyl (C=O) groups is 6. The van der Waals surface area contributed by atoms with Gasteiger partial charge in [-0.3, -0.25) is 4.18 Å². The molecule has 23 atom stereocenters. The number of hydrogen-bond acceptors (Lipinski definition) is 47. The normalized spacial score (nSPS) is 32.0. The number of halogens is 2. The number of ether oxygens (including phenoxy) is 21. The zero-order chi connectivity index (χ0) is 101. The number of aldehydes is 1. The molecule has 10 aliphatic heterocycles. The van der Waals surface area contributed by atoms with Gasteiger partial charge in [-0.15, -0.1) is 0 Å². The summed E-state index contributed by atoms with van der Waals surface area (Å²) in [5.41, 5.74) is -7.08. The summed E-state index contributed by atoms with van der Waals surface area (Å²) in [5, 5.41) is 110. The Morgan fingerprint density at radius 2 is 0.917 bits per heavy atom. The number of aliphatic hydroxyl groups excluding tert-OH is 11. The maximum absolute atomic E-state index is 13.0. The van der Waals surface area contributed by atoms with Crippen LogP contribution in [0, 0.1) is 0 Å². The minimum atomic E-state index is -4.28. The average Bonchev–Trinajstić information content (AvgIpc) is 1.60. The number of alkyl halides is 1. The third-order valence-electron chi connectivity index (χ3n) is 19.4. The van der Waals surface area contributed by atoms with Crippen LogP contribution in [-0.2, 0) is 167 Å². The van der Waals surface area contributed by atoms with Crippen LogP contribution in [0.1, 0.15) is 181 Å². The molecule has 0 aromatic rings. The first-order chi connectivity index (χ1) is 59.5. The van der Waals surface area contributed by atoms with Gasteiger partial charge in [0.25, 0.3) is 0 Å². The van der Waals surface area contributed by atoms with Crippen LogP contribution in [-0.4, -0.2) is 395 Å². The zero-order valence-corrected chi connectivity index (χ0v) is 84.1. The van der Waals surface area contributed by atoms with Gasteiger partial charge < -0.3 is 170 Å². The summed E-state index contributed by atoms with van der Waals surface area (Å²) in [6.07, 6.45) is -15.8. The van der Waals surface area contributed by atoms with Crippen LogP contribution < -0.4 is 34.2 Å². The van der Waals surface area contributed by atoms with Crippen molar-refractivity contribution in [3.05, 3.63) is 11.6 Å². The molecule has 132 heavy (non-hydrogen) atoms. The first-order valence-corrected chi connectivity index (χ1v) is 43.8. The summed E-state index contributed by atoms with van der Waals surface area (Å²) in [5.74, 6) is -9.20. The van der Waals surface area contributed by atoms with E-state index < -0.39 is 232 Å². The Balaban J connectivity index is 0. The predicted molar refractivity (Wildman–Crippen MR) is 446 cm³/mol. The first-order valence-electron chi connectivity index (χ1n) is 41.2. The van der Waals surface area contributed by atoms with Crippen molar-refractivity contribution in [2.75, 3.05) is 107 Å². The largest absolute Gasteiger partial charge is 1.00 e. The molecule has 774 valence electrons. The molecule has 0 amide bonds. The molecule has 0 aromatic carbocycles.